The van der Waals surface area contributed by atoms with Gasteiger partial charge in [0.25, 0.3) is 0 Å². The monoisotopic (exact) mass is 247 g/mol. The normalized spacial score (nSPS) is 28.9. The molecule has 3 nitrogen and oxygen atoms in total. The highest BCUT2D eigenvalue weighted by atomic mass is 32.2. The standard InChI is InChI=1S/C12H25NO2S/c1-4-13-12(9-16(3,14)15)11-7-5-6-10(2)8-11/h10-13H,4-9H2,1-3H3. The molecule has 1 saturated carbocycles. The SMILES string of the molecule is CCNC(CS(C)(=O)=O)C1CCCC(C)C1. The number of sulfone groups is 1. The second-order valence-corrected chi connectivity index (χ2v) is 7.47. The van der Waals surface area contributed by atoms with Crippen LogP contribution in [0, 0.1) is 11.8 Å². The van der Waals surface area contributed by atoms with E-state index in [1.54, 1.807) is 0 Å². The molecule has 3 unspecified atom stereocenters. The summed E-state index contributed by atoms with van der Waals surface area (Å²) in [6.45, 7) is 5.17. The van der Waals surface area contributed by atoms with Crippen molar-refractivity contribution in [3.63, 3.8) is 0 Å². The molecular formula is C12H25NO2S. The van der Waals surface area contributed by atoms with Crippen molar-refractivity contribution in [2.24, 2.45) is 11.8 Å². The van der Waals surface area contributed by atoms with Gasteiger partial charge in [-0.15, -0.1) is 0 Å². The fraction of sp³-hybridized carbons (Fsp3) is 1.00. The summed E-state index contributed by atoms with van der Waals surface area (Å²) in [5.41, 5.74) is 0. The molecule has 1 fully saturated rings. The maximum atomic E-state index is 11.4. The Labute approximate surface area is 99.9 Å². The molecule has 3 atom stereocenters. The number of nitrogens with one attached hydrogen (secondary N) is 1. The topological polar surface area (TPSA) is 46.2 Å². The lowest BCUT2D eigenvalue weighted by Crippen LogP contribution is -2.43. The van der Waals surface area contributed by atoms with Crippen LogP contribution in [0.25, 0.3) is 0 Å². The molecule has 0 amide bonds. The van der Waals surface area contributed by atoms with Crippen molar-refractivity contribution in [1.29, 1.82) is 0 Å². The molecule has 1 aliphatic rings. The van der Waals surface area contributed by atoms with Gasteiger partial charge in [0.15, 0.2) is 0 Å². The lowest BCUT2D eigenvalue weighted by atomic mass is 9.79. The van der Waals surface area contributed by atoms with Gasteiger partial charge in [0.05, 0.1) is 5.75 Å². The van der Waals surface area contributed by atoms with E-state index in [2.05, 4.69) is 12.2 Å². The molecule has 16 heavy (non-hydrogen) atoms. The van der Waals surface area contributed by atoms with E-state index in [9.17, 15) is 8.42 Å². The fourth-order valence-electron chi connectivity index (χ4n) is 2.80. The Morgan fingerprint density at radius 1 is 1.38 bits per heavy atom. The van der Waals surface area contributed by atoms with Crippen LogP contribution in [0.2, 0.25) is 0 Å². The molecule has 1 N–H and O–H groups in total. The zero-order valence-corrected chi connectivity index (χ0v) is 11.5. The van der Waals surface area contributed by atoms with E-state index < -0.39 is 9.84 Å². The highest BCUT2D eigenvalue weighted by Crippen LogP contribution is 2.31. The summed E-state index contributed by atoms with van der Waals surface area (Å²) in [4.78, 5) is 0. The molecule has 0 heterocycles. The first-order valence-electron chi connectivity index (χ1n) is 6.33. The van der Waals surface area contributed by atoms with Crippen LogP contribution >= 0.6 is 0 Å². The number of rotatable bonds is 5. The lowest BCUT2D eigenvalue weighted by molar-refractivity contribution is 0.234. The van der Waals surface area contributed by atoms with Gasteiger partial charge < -0.3 is 5.32 Å². The second kappa shape index (κ2) is 6.01. The Balaban J connectivity index is 2.61. The molecular weight excluding hydrogens is 222 g/mol. The molecule has 0 aromatic heterocycles. The molecule has 1 aliphatic carbocycles. The molecule has 0 radical (unpaired) electrons. The van der Waals surface area contributed by atoms with Crippen LogP contribution in [0.15, 0.2) is 0 Å². The zero-order chi connectivity index (χ0) is 12.2. The zero-order valence-electron chi connectivity index (χ0n) is 10.7. The van der Waals surface area contributed by atoms with Gasteiger partial charge in [0.1, 0.15) is 9.84 Å². The average molecular weight is 247 g/mol. The van der Waals surface area contributed by atoms with E-state index in [1.807, 2.05) is 6.92 Å². The summed E-state index contributed by atoms with van der Waals surface area (Å²) in [7, 11) is -2.87. The fourth-order valence-corrected chi connectivity index (χ4v) is 3.84. The van der Waals surface area contributed by atoms with Crippen LogP contribution in [0.4, 0.5) is 0 Å². The first-order chi connectivity index (χ1) is 7.42. The lowest BCUT2D eigenvalue weighted by Gasteiger charge is -2.33. The third-order valence-corrected chi connectivity index (χ3v) is 4.46. The van der Waals surface area contributed by atoms with Crippen molar-refractivity contribution < 1.29 is 8.42 Å². The highest BCUT2D eigenvalue weighted by Gasteiger charge is 2.28. The summed E-state index contributed by atoms with van der Waals surface area (Å²) in [5, 5.41) is 3.35. The predicted molar refractivity (Wildman–Crippen MR) is 68.3 cm³/mol. The minimum atomic E-state index is -2.87. The third kappa shape index (κ3) is 4.83. The second-order valence-electron chi connectivity index (χ2n) is 5.29. The van der Waals surface area contributed by atoms with E-state index in [0.29, 0.717) is 5.92 Å². The summed E-state index contributed by atoms with van der Waals surface area (Å²) in [6, 6.07) is 0.155. The first kappa shape index (κ1) is 14.0. The van der Waals surface area contributed by atoms with Gasteiger partial charge in [0, 0.05) is 12.3 Å². The predicted octanol–water partition coefficient (Wildman–Crippen LogP) is 1.84. The van der Waals surface area contributed by atoms with E-state index in [-0.39, 0.29) is 11.8 Å². The maximum Gasteiger partial charge on any atom is 0.148 e. The van der Waals surface area contributed by atoms with Gasteiger partial charge in [-0.3, -0.25) is 0 Å². The molecule has 0 spiro atoms. The Kier molecular flexibility index (Phi) is 5.25. The van der Waals surface area contributed by atoms with Gasteiger partial charge in [0.2, 0.25) is 0 Å². The van der Waals surface area contributed by atoms with Crippen LogP contribution in [0.1, 0.15) is 39.5 Å². The molecule has 0 bridgehead atoms. The quantitative estimate of drug-likeness (QED) is 0.806. The van der Waals surface area contributed by atoms with Gasteiger partial charge in [-0.05, 0) is 31.2 Å². The minimum absolute atomic E-state index is 0.155. The van der Waals surface area contributed by atoms with Crippen molar-refractivity contribution in [3.05, 3.63) is 0 Å². The molecule has 0 aromatic rings. The van der Waals surface area contributed by atoms with Crippen LogP contribution < -0.4 is 5.32 Å². The van der Waals surface area contributed by atoms with Gasteiger partial charge >= 0.3 is 0 Å². The Morgan fingerprint density at radius 3 is 2.56 bits per heavy atom. The first-order valence-corrected chi connectivity index (χ1v) is 8.39. The molecule has 0 aliphatic heterocycles. The largest absolute Gasteiger partial charge is 0.313 e. The molecule has 1 rings (SSSR count). The van der Waals surface area contributed by atoms with Crippen LogP contribution in [-0.4, -0.2) is 33.0 Å². The average Bonchev–Trinajstić information content (AvgIpc) is 2.15. The summed E-state index contributed by atoms with van der Waals surface area (Å²) in [5.74, 6) is 1.58. The molecule has 96 valence electrons. The Bertz CT molecular complexity index is 300. The van der Waals surface area contributed by atoms with E-state index in [4.69, 9.17) is 0 Å². The Hall–Kier alpha value is -0.0900. The number of hydrogen-bond donors (Lipinski definition) is 1. The summed E-state index contributed by atoms with van der Waals surface area (Å²) in [6.07, 6.45) is 6.24. The van der Waals surface area contributed by atoms with Crippen molar-refractivity contribution in [3.8, 4) is 0 Å². The van der Waals surface area contributed by atoms with Gasteiger partial charge in [-0.1, -0.05) is 26.7 Å². The molecule has 0 saturated heterocycles. The third-order valence-electron chi connectivity index (χ3n) is 3.49. The maximum absolute atomic E-state index is 11.4. The van der Waals surface area contributed by atoms with Gasteiger partial charge in [-0.2, -0.15) is 0 Å². The minimum Gasteiger partial charge on any atom is -0.313 e. The smallest absolute Gasteiger partial charge is 0.148 e. The van der Waals surface area contributed by atoms with E-state index in [0.717, 1.165) is 12.5 Å². The van der Waals surface area contributed by atoms with Crippen molar-refractivity contribution in [2.75, 3.05) is 18.6 Å². The van der Waals surface area contributed by atoms with Crippen LogP contribution in [0.3, 0.4) is 0 Å². The van der Waals surface area contributed by atoms with E-state index in [1.165, 1.54) is 31.9 Å². The van der Waals surface area contributed by atoms with Crippen molar-refractivity contribution >= 4 is 9.84 Å². The summed E-state index contributed by atoms with van der Waals surface area (Å²) < 4.78 is 22.8. The number of hydrogen-bond acceptors (Lipinski definition) is 3. The van der Waals surface area contributed by atoms with Gasteiger partial charge in [-0.25, -0.2) is 8.42 Å². The molecule has 4 heteroatoms. The highest BCUT2D eigenvalue weighted by molar-refractivity contribution is 7.90. The summed E-state index contributed by atoms with van der Waals surface area (Å²) >= 11 is 0. The van der Waals surface area contributed by atoms with Crippen molar-refractivity contribution in [1.82, 2.24) is 5.32 Å². The molecule has 0 aromatic carbocycles. The van der Waals surface area contributed by atoms with Crippen LogP contribution in [-0.2, 0) is 9.84 Å². The Morgan fingerprint density at radius 2 is 2.06 bits per heavy atom. The van der Waals surface area contributed by atoms with Crippen molar-refractivity contribution in [2.45, 2.75) is 45.6 Å². The van der Waals surface area contributed by atoms with Crippen LogP contribution in [0.5, 0.6) is 0 Å². The van der Waals surface area contributed by atoms with E-state index >= 15 is 0 Å².